The van der Waals surface area contributed by atoms with Gasteiger partial charge in [-0.2, -0.15) is 0 Å². The van der Waals surface area contributed by atoms with Crippen LogP contribution >= 0.6 is 11.3 Å². The molecule has 11 heteroatoms. The third-order valence-electron chi connectivity index (χ3n) is 4.90. The number of carbonyl (C=O) groups is 2. The molecule has 35 heavy (non-hydrogen) atoms. The zero-order valence-electron chi connectivity index (χ0n) is 19.2. The van der Waals surface area contributed by atoms with E-state index in [0.717, 1.165) is 0 Å². The van der Waals surface area contributed by atoms with Gasteiger partial charge in [0.15, 0.2) is 0 Å². The highest BCUT2D eigenvalue weighted by Crippen LogP contribution is 2.38. The van der Waals surface area contributed by atoms with Gasteiger partial charge in [-0.05, 0) is 43.2 Å². The number of amides is 2. The molecule has 0 radical (unpaired) electrons. The number of benzene rings is 1. The van der Waals surface area contributed by atoms with Gasteiger partial charge in [0.25, 0.3) is 5.91 Å². The van der Waals surface area contributed by atoms with Gasteiger partial charge in [0.05, 0.1) is 30.5 Å². The molecule has 0 saturated heterocycles. The van der Waals surface area contributed by atoms with E-state index in [0.29, 0.717) is 45.5 Å². The number of halogens is 1. The van der Waals surface area contributed by atoms with E-state index in [1.54, 1.807) is 43.3 Å². The molecule has 0 aliphatic rings. The monoisotopic (exact) mass is 501 g/mol. The first kappa shape index (κ1) is 26.2. The van der Waals surface area contributed by atoms with Gasteiger partial charge in [-0.3, -0.25) is 9.59 Å². The molecule has 1 unspecified atom stereocenters. The largest absolute Gasteiger partial charge is 0.395 e. The molecule has 0 spiro atoms. The second kappa shape index (κ2) is 12.4. The Morgan fingerprint density at radius 2 is 2.03 bits per heavy atom. The molecule has 186 valence electrons. The fourth-order valence-electron chi connectivity index (χ4n) is 3.35. The molecule has 0 aliphatic carbocycles. The van der Waals surface area contributed by atoms with Crippen molar-refractivity contribution in [3.05, 3.63) is 65.1 Å². The SMILES string of the molecule is CC(O)Cc1ccc(-c2cc(C(N)=O)c(Nc3cccc(CNCC(=O)NCCO)n3)s2)c(F)c1. The summed E-state index contributed by atoms with van der Waals surface area (Å²) in [5.41, 5.74) is 7.42. The van der Waals surface area contributed by atoms with E-state index >= 15 is 0 Å². The molecule has 2 amide bonds. The lowest BCUT2D eigenvalue weighted by Gasteiger charge is -2.08. The fourth-order valence-corrected chi connectivity index (χ4v) is 4.45. The van der Waals surface area contributed by atoms with E-state index in [4.69, 9.17) is 10.8 Å². The molecule has 3 rings (SSSR count). The Kier molecular flexibility index (Phi) is 9.26. The summed E-state index contributed by atoms with van der Waals surface area (Å²) in [6.45, 7) is 2.10. The predicted molar refractivity (Wildman–Crippen MR) is 133 cm³/mol. The molecule has 0 bridgehead atoms. The lowest BCUT2D eigenvalue weighted by atomic mass is 10.0. The molecular weight excluding hydrogens is 473 g/mol. The number of carbonyl (C=O) groups excluding carboxylic acids is 2. The van der Waals surface area contributed by atoms with Crippen molar-refractivity contribution in [2.75, 3.05) is 25.0 Å². The maximum atomic E-state index is 14.8. The van der Waals surface area contributed by atoms with Crippen molar-refractivity contribution in [1.29, 1.82) is 0 Å². The summed E-state index contributed by atoms with van der Waals surface area (Å²) in [6.07, 6.45) is -0.244. The average molecular weight is 502 g/mol. The third-order valence-corrected chi connectivity index (χ3v) is 5.99. The van der Waals surface area contributed by atoms with Gasteiger partial charge in [0.2, 0.25) is 5.91 Å². The summed E-state index contributed by atoms with van der Waals surface area (Å²) in [5, 5.41) is 27.3. The molecule has 1 atom stereocenters. The number of aliphatic hydroxyl groups is 2. The van der Waals surface area contributed by atoms with Crippen LogP contribution in [0, 0.1) is 5.82 Å². The van der Waals surface area contributed by atoms with Gasteiger partial charge in [-0.25, -0.2) is 9.37 Å². The van der Waals surface area contributed by atoms with Gasteiger partial charge < -0.3 is 31.9 Å². The van der Waals surface area contributed by atoms with E-state index in [9.17, 15) is 19.1 Å². The molecule has 0 fully saturated rings. The standard InChI is InChI=1S/C24H28FN5O4S/c1-14(32)9-15-5-6-17(19(25)10-15)20-11-18(23(26)34)24(35-20)30-21-4-2-3-16(29-21)12-27-13-22(33)28-7-8-31/h2-6,10-11,14,27,31-32H,7-9,12-13H2,1H3,(H2,26,34)(H,28,33)(H,29,30). The Morgan fingerprint density at radius 3 is 2.71 bits per heavy atom. The highest BCUT2D eigenvalue weighted by molar-refractivity contribution is 7.19. The van der Waals surface area contributed by atoms with Crippen LogP contribution in [0.4, 0.5) is 15.2 Å². The molecule has 9 nitrogen and oxygen atoms in total. The Balaban J connectivity index is 1.75. The number of primary amides is 1. The van der Waals surface area contributed by atoms with E-state index in [1.807, 2.05) is 0 Å². The van der Waals surface area contributed by atoms with Gasteiger partial charge in [-0.15, -0.1) is 11.3 Å². The minimum atomic E-state index is -0.659. The van der Waals surface area contributed by atoms with Gasteiger partial charge >= 0.3 is 0 Å². The number of pyridine rings is 1. The smallest absolute Gasteiger partial charge is 0.251 e. The van der Waals surface area contributed by atoms with Crippen molar-refractivity contribution in [2.45, 2.75) is 26.0 Å². The summed E-state index contributed by atoms with van der Waals surface area (Å²) < 4.78 is 14.8. The van der Waals surface area contributed by atoms with Crippen molar-refractivity contribution in [1.82, 2.24) is 15.6 Å². The van der Waals surface area contributed by atoms with Gasteiger partial charge in [0.1, 0.15) is 16.6 Å². The zero-order chi connectivity index (χ0) is 25.4. The topological polar surface area (TPSA) is 150 Å². The van der Waals surface area contributed by atoms with Crippen LogP contribution in [0.2, 0.25) is 0 Å². The highest BCUT2D eigenvalue weighted by atomic mass is 32.1. The maximum Gasteiger partial charge on any atom is 0.251 e. The number of hydrogen-bond acceptors (Lipinski definition) is 8. The summed E-state index contributed by atoms with van der Waals surface area (Å²) in [4.78, 5) is 28.7. The predicted octanol–water partition coefficient (Wildman–Crippen LogP) is 1.91. The van der Waals surface area contributed by atoms with Gasteiger partial charge in [-0.1, -0.05) is 18.2 Å². The molecule has 2 heterocycles. The highest BCUT2D eigenvalue weighted by Gasteiger charge is 2.18. The molecular formula is C24H28FN5O4S. The number of thiophene rings is 1. The van der Waals surface area contributed by atoms with Crippen molar-refractivity contribution in [3.8, 4) is 10.4 Å². The summed E-state index contributed by atoms with van der Waals surface area (Å²) in [6, 6.07) is 11.5. The number of hydrogen-bond donors (Lipinski definition) is 6. The van der Waals surface area contributed by atoms with Crippen LogP contribution in [0.15, 0.2) is 42.5 Å². The molecule has 0 aliphatic heterocycles. The number of nitrogens with one attached hydrogen (secondary N) is 3. The van der Waals surface area contributed by atoms with Gasteiger partial charge in [0, 0.05) is 23.5 Å². The summed E-state index contributed by atoms with van der Waals surface area (Å²) >= 11 is 1.17. The first-order chi connectivity index (χ1) is 16.8. The van der Waals surface area contributed by atoms with E-state index in [1.165, 1.54) is 17.4 Å². The number of aromatic nitrogens is 1. The van der Waals surface area contributed by atoms with E-state index in [-0.39, 0.29) is 31.2 Å². The second-order valence-electron chi connectivity index (χ2n) is 7.90. The van der Waals surface area contributed by atoms with Crippen LogP contribution in [0.25, 0.3) is 10.4 Å². The fraction of sp³-hybridized carbons (Fsp3) is 0.292. The van der Waals surface area contributed by atoms with Crippen LogP contribution in [-0.4, -0.2) is 52.8 Å². The third kappa shape index (κ3) is 7.55. The first-order valence-corrected chi connectivity index (χ1v) is 11.8. The van der Waals surface area contributed by atoms with Crippen LogP contribution in [0.1, 0.15) is 28.5 Å². The number of nitrogens with two attached hydrogens (primary N) is 1. The average Bonchev–Trinajstić information content (AvgIpc) is 3.21. The second-order valence-corrected chi connectivity index (χ2v) is 8.95. The van der Waals surface area contributed by atoms with E-state index < -0.39 is 17.8 Å². The van der Waals surface area contributed by atoms with E-state index in [2.05, 4.69) is 20.9 Å². The molecule has 3 aromatic rings. The Morgan fingerprint density at radius 1 is 1.23 bits per heavy atom. The molecule has 7 N–H and O–H groups in total. The first-order valence-electron chi connectivity index (χ1n) is 11.0. The number of anilines is 2. The number of aliphatic hydroxyl groups excluding tert-OH is 2. The Labute approximate surface area is 206 Å². The zero-order valence-corrected chi connectivity index (χ0v) is 20.0. The van der Waals surface area contributed by atoms with Crippen molar-refractivity contribution >= 4 is 34.0 Å². The van der Waals surface area contributed by atoms with Crippen molar-refractivity contribution < 1.29 is 24.2 Å². The summed E-state index contributed by atoms with van der Waals surface area (Å²) in [7, 11) is 0. The minimum Gasteiger partial charge on any atom is -0.395 e. The van der Waals surface area contributed by atoms with Crippen LogP contribution < -0.4 is 21.7 Å². The number of nitrogens with zero attached hydrogens (tertiary/aromatic N) is 1. The van der Waals surface area contributed by atoms with Crippen LogP contribution in [-0.2, 0) is 17.8 Å². The minimum absolute atomic E-state index is 0.0705. The van der Waals surface area contributed by atoms with Crippen molar-refractivity contribution in [2.24, 2.45) is 5.73 Å². The lowest BCUT2D eigenvalue weighted by molar-refractivity contribution is -0.120. The lowest BCUT2D eigenvalue weighted by Crippen LogP contribution is -2.35. The summed E-state index contributed by atoms with van der Waals surface area (Å²) in [5.74, 6) is -0.900. The quantitative estimate of drug-likeness (QED) is 0.222. The van der Waals surface area contributed by atoms with Crippen LogP contribution in [0.5, 0.6) is 0 Å². The molecule has 0 saturated carbocycles. The normalized spacial score (nSPS) is 11.8. The Bertz CT molecular complexity index is 1180. The molecule has 1 aromatic carbocycles. The number of rotatable bonds is 12. The van der Waals surface area contributed by atoms with Crippen LogP contribution in [0.3, 0.4) is 0 Å². The Hall–Kier alpha value is -3.38. The maximum absolute atomic E-state index is 14.8. The molecule has 2 aromatic heterocycles. The van der Waals surface area contributed by atoms with Crippen molar-refractivity contribution in [3.63, 3.8) is 0 Å².